The number of nitrogens with two attached hydrogens (primary N) is 1. The monoisotopic (exact) mass is 397 g/mol. The van der Waals surface area contributed by atoms with Crippen LogP contribution in [0.1, 0.15) is 5.56 Å². The van der Waals surface area contributed by atoms with E-state index in [2.05, 4.69) is 0 Å². The molecule has 2 aromatic rings. The summed E-state index contributed by atoms with van der Waals surface area (Å²) in [6.45, 7) is -0.547. The van der Waals surface area contributed by atoms with E-state index in [4.69, 9.17) is 15.3 Å². The van der Waals surface area contributed by atoms with E-state index >= 15 is 0 Å². The van der Waals surface area contributed by atoms with Crippen LogP contribution in [-0.4, -0.2) is 48.3 Å². The second kappa shape index (κ2) is 8.55. The van der Waals surface area contributed by atoms with Crippen molar-refractivity contribution in [3.8, 4) is 0 Å². The van der Waals surface area contributed by atoms with E-state index in [1.165, 1.54) is 13.2 Å². The molecule has 9 heteroatoms. The number of allylic oxidation sites excluding steroid dienone is 2. The molecule has 29 heavy (non-hydrogen) atoms. The molecule has 2 aromatic carbocycles. The predicted molar refractivity (Wildman–Crippen MR) is 104 cm³/mol. The number of alkyl carbamates (subject to hydrolysis) is 1. The van der Waals surface area contributed by atoms with Gasteiger partial charge in [-0.3, -0.25) is 14.9 Å². The first-order chi connectivity index (χ1) is 13.9. The van der Waals surface area contributed by atoms with Crippen LogP contribution in [0.4, 0.5) is 4.79 Å². The number of imide groups is 1. The Morgan fingerprint density at radius 1 is 1.17 bits per heavy atom. The fraction of sp³-hybridized carbons (Fsp3) is 0.150. The van der Waals surface area contributed by atoms with Crippen LogP contribution < -0.4 is 11.1 Å². The molecule has 0 spiro atoms. The summed E-state index contributed by atoms with van der Waals surface area (Å²) in [5.41, 5.74) is 6.20. The maximum absolute atomic E-state index is 12.1. The molecule has 0 bridgehead atoms. The van der Waals surface area contributed by atoms with Gasteiger partial charge in [-0.1, -0.05) is 42.5 Å². The third-order valence-corrected chi connectivity index (χ3v) is 4.28. The number of amides is 2. The van der Waals surface area contributed by atoms with Gasteiger partial charge in [-0.25, -0.2) is 14.7 Å². The summed E-state index contributed by atoms with van der Waals surface area (Å²) >= 11 is 0. The van der Waals surface area contributed by atoms with Crippen molar-refractivity contribution in [2.75, 3.05) is 20.2 Å². The zero-order valence-corrected chi connectivity index (χ0v) is 15.5. The summed E-state index contributed by atoms with van der Waals surface area (Å²) in [6.07, 6.45) is 0.370. The summed E-state index contributed by atoms with van der Waals surface area (Å²) in [5, 5.41) is 14.4. The minimum absolute atomic E-state index is 0.0422. The summed E-state index contributed by atoms with van der Waals surface area (Å²) in [6, 6.07) is 13.0. The normalized spacial score (nSPS) is 13.9. The molecule has 1 aliphatic rings. The van der Waals surface area contributed by atoms with Gasteiger partial charge < -0.3 is 15.6 Å². The number of rotatable bonds is 5. The van der Waals surface area contributed by atoms with Crippen molar-refractivity contribution in [3.05, 3.63) is 65.6 Å². The van der Waals surface area contributed by atoms with E-state index in [0.29, 0.717) is 11.1 Å². The minimum atomic E-state index is -1.13. The maximum atomic E-state index is 12.1. The van der Waals surface area contributed by atoms with Crippen molar-refractivity contribution in [1.82, 2.24) is 10.4 Å². The highest BCUT2D eigenvalue weighted by molar-refractivity contribution is 6.01. The molecule has 0 saturated heterocycles. The number of benzene rings is 2. The van der Waals surface area contributed by atoms with Gasteiger partial charge in [0.05, 0.1) is 25.8 Å². The number of carbonyl (C=O) groups is 3. The van der Waals surface area contributed by atoms with Crippen molar-refractivity contribution in [1.29, 1.82) is 0 Å². The van der Waals surface area contributed by atoms with Crippen LogP contribution in [0.3, 0.4) is 0 Å². The Kier molecular flexibility index (Phi) is 5.91. The minimum Gasteiger partial charge on any atom is -0.478 e. The van der Waals surface area contributed by atoms with Crippen molar-refractivity contribution in [2.24, 2.45) is 5.73 Å². The largest absolute Gasteiger partial charge is 0.478 e. The second-order valence-corrected chi connectivity index (χ2v) is 6.08. The maximum Gasteiger partial charge on any atom is 0.420 e. The van der Waals surface area contributed by atoms with Crippen LogP contribution in [0, 0.1) is 0 Å². The second-order valence-electron chi connectivity index (χ2n) is 6.08. The lowest BCUT2D eigenvalue weighted by molar-refractivity contribution is -0.140. The third kappa shape index (κ3) is 4.26. The average molecular weight is 397 g/mol. The smallest absolute Gasteiger partial charge is 0.420 e. The van der Waals surface area contributed by atoms with Gasteiger partial charge in [0.2, 0.25) is 11.8 Å². The molecule has 150 valence electrons. The number of carboxylic acid groups (broad SMARTS) is 1. The number of nitrogens with one attached hydrogen (secondary N) is 1. The van der Waals surface area contributed by atoms with Gasteiger partial charge in [-0.05, 0) is 22.4 Å². The SMILES string of the molecule is CON1CC(C(=O)O)=CC(c2cccc3ccccc23)=C1OC(=O)NC(=O)CN. The van der Waals surface area contributed by atoms with E-state index in [1.54, 1.807) is 12.1 Å². The Bertz CT molecular complexity index is 1040. The summed E-state index contributed by atoms with van der Waals surface area (Å²) in [7, 11) is 1.32. The Morgan fingerprint density at radius 2 is 1.90 bits per heavy atom. The number of hydrogen-bond donors (Lipinski definition) is 3. The molecule has 0 atom stereocenters. The number of hydrogen-bond acceptors (Lipinski definition) is 7. The van der Waals surface area contributed by atoms with Crippen LogP contribution in [0.15, 0.2) is 60.0 Å². The first kappa shape index (κ1) is 20.1. The molecular weight excluding hydrogens is 378 g/mol. The molecule has 0 radical (unpaired) electrons. The Morgan fingerprint density at radius 3 is 2.59 bits per heavy atom. The Labute approximate surface area is 165 Å². The van der Waals surface area contributed by atoms with E-state index in [1.807, 2.05) is 35.6 Å². The third-order valence-electron chi connectivity index (χ3n) is 4.28. The van der Waals surface area contributed by atoms with Crippen LogP contribution >= 0.6 is 0 Å². The van der Waals surface area contributed by atoms with E-state index in [0.717, 1.165) is 15.8 Å². The van der Waals surface area contributed by atoms with E-state index in [-0.39, 0.29) is 24.5 Å². The predicted octanol–water partition coefficient (Wildman–Crippen LogP) is 1.61. The first-order valence-electron chi connectivity index (χ1n) is 8.64. The van der Waals surface area contributed by atoms with Gasteiger partial charge in [-0.2, -0.15) is 0 Å². The molecule has 1 heterocycles. The summed E-state index contributed by atoms with van der Waals surface area (Å²) < 4.78 is 5.33. The van der Waals surface area contributed by atoms with Crippen LogP contribution in [0.25, 0.3) is 16.3 Å². The molecular formula is C20H19N3O6. The lowest BCUT2D eigenvalue weighted by Gasteiger charge is -2.29. The average Bonchev–Trinajstić information content (AvgIpc) is 2.73. The van der Waals surface area contributed by atoms with Gasteiger partial charge in [0.15, 0.2) is 0 Å². The highest BCUT2D eigenvalue weighted by atomic mass is 16.7. The number of ether oxygens (including phenoxy) is 1. The number of hydroxylamine groups is 2. The molecule has 0 aromatic heterocycles. The van der Waals surface area contributed by atoms with Gasteiger partial charge in [-0.15, -0.1) is 0 Å². The van der Waals surface area contributed by atoms with Crippen molar-refractivity contribution < 1.29 is 29.1 Å². The molecule has 0 aliphatic carbocycles. The lowest BCUT2D eigenvalue weighted by Crippen LogP contribution is -2.39. The number of carbonyl (C=O) groups excluding carboxylic acids is 2. The van der Waals surface area contributed by atoms with Crippen molar-refractivity contribution in [2.45, 2.75) is 0 Å². The molecule has 2 amide bonds. The molecule has 0 saturated carbocycles. The molecule has 9 nitrogen and oxygen atoms in total. The molecule has 0 fully saturated rings. The highest BCUT2D eigenvalue weighted by Crippen LogP contribution is 2.34. The molecule has 3 rings (SSSR count). The number of nitrogens with zero attached hydrogens (tertiary/aromatic N) is 1. The molecule has 1 aliphatic heterocycles. The topological polar surface area (TPSA) is 131 Å². The fourth-order valence-electron chi connectivity index (χ4n) is 2.96. The van der Waals surface area contributed by atoms with E-state index < -0.39 is 18.0 Å². The quantitative estimate of drug-likeness (QED) is 0.693. The Hall–Kier alpha value is -3.69. The molecule has 4 N–H and O–H groups in total. The van der Waals surface area contributed by atoms with Crippen LogP contribution in [0.5, 0.6) is 0 Å². The zero-order chi connectivity index (χ0) is 21.0. The van der Waals surface area contributed by atoms with Crippen molar-refractivity contribution in [3.63, 3.8) is 0 Å². The lowest BCUT2D eigenvalue weighted by atomic mass is 9.95. The number of fused-ring (bicyclic) bond motifs is 1. The van der Waals surface area contributed by atoms with Gasteiger partial charge >= 0.3 is 12.1 Å². The molecule has 0 unspecified atom stereocenters. The van der Waals surface area contributed by atoms with Crippen LogP contribution in [0.2, 0.25) is 0 Å². The highest BCUT2D eigenvalue weighted by Gasteiger charge is 2.29. The fourth-order valence-corrected chi connectivity index (χ4v) is 2.96. The number of aliphatic carboxylic acids is 1. The first-order valence-corrected chi connectivity index (χ1v) is 8.64. The Balaban J connectivity index is 2.18. The van der Waals surface area contributed by atoms with Crippen molar-refractivity contribution >= 4 is 34.3 Å². The summed E-state index contributed by atoms with van der Waals surface area (Å²) in [4.78, 5) is 40.4. The standard InChI is InChI=1S/C20H19N3O6/c1-28-23-11-13(19(25)26)9-16(18(23)29-20(27)22-17(24)10-21)15-8-4-6-12-5-2-3-7-14(12)15/h2-9H,10-11,21H2,1H3,(H,25,26)(H,22,24,27). The zero-order valence-electron chi connectivity index (χ0n) is 15.5. The van der Waals surface area contributed by atoms with Gasteiger partial charge in [0, 0.05) is 5.57 Å². The number of carboxylic acids is 1. The van der Waals surface area contributed by atoms with Crippen LogP contribution in [-0.2, 0) is 19.2 Å². The van der Waals surface area contributed by atoms with E-state index in [9.17, 15) is 19.5 Å². The van der Waals surface area contributed by atoms with Gasteiger partial charge in [0.1, 0.15) is 0 Å². The summed E-state index contributed by atoms with van der Waals surface area (Å²) in [5.74, 6) is -1.90. The van der Waals surface area contributed by atoms with Gasteiger partial charge in [0.25, 0.3) is 0 Å².